The highest BCUT2D eigenvalue weighted by Crippen LogP contribution is 2.29. The molecule has 0 aliphatic carbocycles. The lowest BCUT2D eigenvalue weighted by Crippen LogP contribution is -2.39. The zero-order chi connectivity index (χ0) is 17.1. The number of carbonyl (C=O) groups is 1. The Morgan fingerprint density at radius 2 is 1.52 bits per heavy atom. The molecule has 3 heteroatoms. The van der Waals surface area contributed by atoms with E-state index in [2.05, 4.69) is 58.7 Å². The first-order valence-corrected chi connectivity index (χ1v) is 9.43. The second-order valence-electron chi connectivity index (χ2n) is 7.34. The van der Waals surface area contributed by atoms with E-state index in [-0.39, 0.29) is 11.8 Å². The summed E-state index contributed by atoms with van der Waals surface area (Å²) < 4.78 is 0. The Hall–Kier alpha value is -2.13. The zero-order valence-corrected chi connectivity index (χ0v) is 14.6. The summed E-state index contributed by atoms with van der Waals surface area (Å²) in [7, 11) is 0. The van der Waals surface area contributed by atoms with Gasteiger partial charge in [-0.1, -0.05) is 60.7 Å². The molecule has 1 amide bonds. The third-order valence-electron chi connectivity index (χ3n) is 5.66. The predicted octanol–water partition coefficient (Wildman–Crippen LogP) is 3.56. The number of fused-ring (bicyclic) bond motifs is 2. The van der Waals surface area contributed by atoms with Crippen molar-refractivity contribution in [3.05, 3.63) is 71.8 Å². The second kappa shape index (κ2) is 7.40. The summed E-state index contributed by atoms with van der Waals surface area (Å²) in [4.78, 5) is 15.2. The number of nitrogens with one attached hydrogen (secondary N) is 1. The van der Waals surface area contributed by atoms with E-state index in [1.807, 2.05) is 12.1 Å². The molecule has 0 saturated carbocycles. The molecule has 1 N–H and O–H groups in total. The highest BCUT2D eigenvalue weighted by molar-refractivity contribution is 5.78. The Kier molecular flexibility index (Phi) is 4.84. The van der Waals surface area contributed by atoms with Gasteiger partial charge in [0, 0.05) is 37.5 Å². The van der Waals surface area contributed by atoms with E-state index in [4.69, 9.17) is 0 Å². The minimum absolute atomic E-state index is 0.128. The van der Waals surface area contributed by atoms with Gasteiger partial charge in [-0.2, -0.15) is 0 Å². The van der Waals surface area contributed by atoms with Crippen molar-refractivity contribution in [2.75, 3.05) is 13.1 Å². The van der Waals surface area contributed by atoms with Gasteiger partial charge in [0.2, 0.25) is 5.91 Å². The van der Waals surface area contributed by atoms with Gasteiger partial charge in [-0.25, -0.2) is 0 Å². The Labute approximate surface area is 150 Å². The van der Waals surface area contributed by atoms with Crippen LogP contribution in [0.1, 0.15) is 42.7 Å². The van der Waals surface area contributed by atoms with E-state index in [0.717, 1.165) is 19.5 Å². The first kappa shape index (κ1) is 16.3. The Morgan fingerprint density at radius 1 is 0.920 bits per heavy atom. The van der Waals surface area contributed by atoms with Crippen LogP contribution in [0.3, 0.4) is 0 Å². The fourth-order valence-corrected chi connectivity index (χ4v) is 4.27. The SMILES string of the molecule is O=C(CC(c1ccccc1)c1ccccc1)N1CCC2CCC(C1)N2. The lowest BCUT2D eigenvalue weighted by atomic mass is 9.88. The van der Waals surface area contributed by atoms with E-state index < -0.39 is 0 Å². The summed E-state index contributed by atoms with van der Waals surface area (Å²) in [6.45, 7) is 1.76. The van der Waals surface area contributed by atoms with Crippen LogP contribution in [0.2, 0.25) is 0 Å². The average molecular weight is 334 g/mol. The molecule has 2 fully saturated rings. The fraction of sp³-hybridized carbons (Fsp3) is 0.409. The quantitative estimate of drug-likeness (QED) is 0.927. The van der Waals surface area contributed by atoms with Crippen LogP contribution in [0.15, 0.2) is 60.7 Å². The van der Waals surface area contributed by atoms with Gasteiger partial charge in [-0.15, -0.1) is 0 Å². The number of amides is 1. The minimum atomic E-state index is 0.128. The van der Waals surface area contributed by atoms with Crippen LogP contribution >= 0.6 is 0 Å². The van der Waals surface area contributed by atoms with Gasteiger partial charge in [0.1, 0.15) is 0 Å². The first-order valence-electron chi connectivity index (χ1n) is 9.43. The van der Waals surface area contributed by atoms with Crippen molar-refractivity contribution in [1.82, 2.24) is 10.2 Å². The normalized spacial score (nSPS) is 22.8. The van der Waals surface area contributed by atoms with Crippen LogP contribution in [0.25, 0.3) is 0 Å². The summed E-state index contributed by atoms with van der Waals surface area (Å²) in [5.74, 6) is 0.412. The third kappa shape index (κ3) is 3.77. The lowest BCUT2D eigenvalue weighted by Gasteiger charge is -2.27. The number of nitrogens with zero attached hydrogens (tertiary/aromatic N) is 1. The van der Waals surface area contributed by atoms with Crippen molar-refractivity contribution in [3.8, 4) is 0 Å². The number of carbonyl (C=O) groups excluding carboxylic acids is 1. The number of benzene rings is 2. The molecule has 2 aliphatic rings. The monoisotopic (exact) mass is 334 g/mol. The largest absolute Gasteiger partial charge is 0.341 e. The standard InChI is InChI=1S/C22H26N2O/c25-22(24-14-13-19-11-12-20(16-24)23-19)15-21(17-7-3-1-4-8-17)18-9-5-2-6-10-18/h1-10,19-21,23H,11-16H2. The van der Waals surface area contributed by atoms with Crippen LogP contribution in [-0.4, -0.2) is 36.0 Å². The van der Waals surface area contributed by atoms with Crippen molar-refractivity contribution < 1.29 is 4.79 Å². The number of rotatable bonds is 4. The van der Waals surface area contributed by atoms with Crippen LogP contribution in [0.5, 0.6) is 0 Å². The van der Waals surface area contributed by atoms with Crippen LogP contribution < -0.4 is 5.32 Å². The van der Waals surface area contributed by atoms with E-state index >= 15 is 0 Å². The van der Waals surface area contributed by atoms with E-state index in [1.54, 1.807) is 0 Å². The molecule has 2 aromatic rings. The molecule has 25 heavy (non-hydrogen) atoms. The van der Waals surface area contributed by atoms with E-state index in [0.29, 0.717) is 18.5 Å². The summed E-state index contributed by atoms with van der Waals surface area (Å²) in [6, 6.07) is 22.0. The van der Waals surface area contributed by atoms with Gasteiger partial charge in [0.25, 0.3) is 0 Å². The molecule has 0 spiro atoms. The molecule has 130 valence electrons. The van der Waals surface area contributed by atoms with Crippen molar-refractivity contribution in [3.63, 3.8) is 0 Å². The van der Waals surface area contributed by atoms with E-state index in [9.17, 15) is 4.79 Å². The summed E-state index contributed by atoms with van der Waals surface area (Å²) in [5.41, 5.74) is 2.44. The van der Waals surface area contributed by atoms with Crippen LogP contribution in [0.4, 0.5) is 0 Å². The predicted molar refractivity (Wildman–Crippen MR) is 100 cm³/mol. The summed E-state index contributed by atoms with van der Waals surface area (Å²) in [5, 5.41) is 3.66. The van der Waals surface area contributed by atoms with E-state index in [1.165, 1.54) is 24.0 Å². The molecule has 2 aliphatic heterocycles. The molecular formula is C22H26N2O. The smallest absolute Gasteiger partial charge is 0.223 e. The Balaban J connectivity index is 1.53. The molecule has 3 nitrogen and oxygen atoms in total. The molecule has 2 atom stereocenters. The van der Waals surface area contributed by atoms with Crippen molar-refractivity contribution in [2.24, 2.45) is 0 Å². The second-order valence-corrected chi connectivity index (χ2v) is 7.34. The summed E-state index contributed by atoms with van der Waals surface area (Å²) >= 11 is 0. The third-order valence-corrected chi connectivity index (χ3v) is 5.66. The topological polar surface area (TPSA) is 32.3 Å². The minimum Gasteiger partial charge on any atom is -0.341 e. The highest BCUT2D eigenvalue weighted by atomic mass is 16.2. The van der Waals surface area contributed by atoms with Gasteiger partial charge in [-0.05, 0) is 30.4 Å². The van der Waals surface area contributed by atoms with Crippen molar-refractivity contribution in [1.29, 1.82) is 0 Å². The molecular weight excluding hydrogens is 308 g/mol. The molecule has 2 unspecified atom stereocenters. The van der Waals surface area contributed by atoms with Crippen molar-refractivity contribution >= 4 is 5.91 Å². The van der Waals surface area contributed by atoms with Crippen LogP contribution in [-0.2, 0) is 4.79 Å². The number of likely N-dealkylation sites (tertiary alicyclic amines) is 1. The maximum Gasteiger partial charge on any atom is 0.223 e. The lowest BCUT2D eigenvalue weighted by molar-refractivity contribution is -0.131. The maximum absolute atomic E-state index is 13.1. The van der Waals surface area contributed by atoms with Crippen LogP contribution in [0, 0.1) is 0 Å². The number of hydrogen-bond acceptors (Lipinski definition) is 2. The van der Waals surface area contributed by atoms with Gasteiger partial charge in [0.15, 0.2) is 0 Å². The molecule has 2 saturated heterocycles. The fourth-order valence-electron chi connectivity index (χ4n) is 4.27. The Morgan fingerprint density at radius 3 is 2.16 bits per heavy atom. The van der Waals surface area contributed by atoms with Gasteiger partial charge in [0.05, 0.1) is 0 Å². The number of hydrogen-bond donors (Lipinski definition) is 1. The molecule has 4 rings (SSSR count). The maximum atomic E-state index is 13.1. The summed E-state index contributed by atoms with van der Waals surface area (Å²) in [6.07, 6.45) is 4.10. The molecule has 2 bridgehead atoms. The van der Waals surface area contributed by atoms with Crippen molar-refractivity contribution in [2.45, 2.75) is 43.7 Å². The highest BCUT2D eigenvalue weighted by Gasteiger charge is 2.32. The van der Waals surface area contributed by atoms with Gasteiger partial charge in [-0.3, -0.25) is 4.79 Å². The van der Waals surface area contributed by atoms with Gasteiger partial charge < -0.3 is 10.2 Å². The molecule has 0 aromatic heterocycles. The zero-order valence-electron chi connectivity index (χ0n) is 14.6. The van der Waals surface area contributed by atoms with Gasteiger partial charge >= 0.3 is 0 Å². The Bertz CT molecular complexity index is 661. The molecule has 2 aromatic carbocycles. The molecule has 0 radical (unpaired) electrons. The molecule has 2 heterocycles. The first-order chi connectivity index (χ1) is 12.3. The average Bonchev–Trinajstić information content (AvgIpc) is 2.99.